The third-order valence-electron chi connectivity index (χ3n) is 2.30. The van der Waals surface area contributed by atoms with Crippen molar-refractivity contribution in [2.45, 2.75) is 12.5 Å². The topological polar surface area (TPSA) is 66.6 Å². The molecule has 0 amide bonds. The first-order chi connectivity index (χ1) is 7.33. The summed E-state index contributed by atoms with van der Waals surface area (Å²) < 4.78 is 12.9. The molecule has 0 aliphatic heterocycles. The van der Waals surface area contributed by atoms with Crippen LogP contribution in [0.4, 0.5) is 10.1 Å². The number of anilines is 1. The van der Waals surface area contributed by atoms with Gasteiger partial charge in [0.05, 0.1) is 0 Å². The van der Waals surface area contributed by atoms with Gasteiger partial charge in [0.2, 0.25) is 0 Å². The van der Waals surface area contributed by atoms with Crippen LogP contribution in [0.3, 0.4) is 0 Å². The maximum Gasteiger partial charge on any atom is 0.325 e. The molecular formula is C11H15FN2O2. The molecule has 1 rings (SSSR count). The Kier molecular flexibility index (Phi) is 3.49. The molecule has 0 aliphatic carbocycles. The van der Waals surface area contributed by atoms with Crippen molar-refractivity contribution >= 4 is 11.7 Å². The molecule has 0 radical (unpaired) electrons. The van der Waals surface area contributed by atoms with Crippen molar-refractivity contribution in [1.82, 2.24) is 0 Å². The third kappa shape index (κ3) is 2.93. The van der Waals surface area contributed by atoms with Crippen molar-refractivity contribution in [3.8, 4) is 0 Å². The summed E-state index contributed by atoms with van der Waals surface area (Å²) in [5.41, 5.74) is 4.84. The Hall–Kier alpha value is -1.62. The Morgan fingerprint density at radius 2 is 2.25 bits per heavy atom. The van der Waals surface area contributed by atoms with E-state index in [1.165, 1.54) is 19.1 Å². The molecule has 16 heavy (non-hydrogen) atoms. The smallest absolute Gasteiger partial charge is 0.325 e. The Balaban J connectivity index is 2.80. The van der Waals surface area contributed by atoms with Crippen molar-refractivity contribution in [3.05, 3.63) is 30.1 Å². The summed E-state index contributed by atoms with van der Waals surface area (Å²) in [6.07, 6.45) is 0. The summed E-state index contributed by atoms with van der Waals surface area (Å²) in [5, 5.41) is 8.87. The SMILES string of the molecule is CN(CC(C)(N)C(=O)O)c1cccc(F)c1. The number of nitrogens with zero attached hydrogens (tertiary/aromatic N) is 1. The maximum absolute atomic E-state index is 12.9. The molecule has 1 aromatic carbocycles. The van der Waals surface area contributed by atoms with Crippen molar-refractivity contribution < 1.29 is 14.3 Å². The van der Waals surface area contributed by atoms with Gasteiger partial charge in [0.25, 0.3) is 0 Å². The highest BCUT2D eigenvalue weighted by atomic mass is 19.1. The first-order valence-electron chi connectivity index (χ1n) is 4.82. The van der Waals surface area contributed by atoms with Gasteiger partial charge in [-0.3, -0.25) is 4.79 Å². The Morgan fingerprint density at radius 3 is 2.75 bits per heavy atom. The number of aliphatic carboxylic acids is 1. The van der Waals surface area contributed by atoms with E-state index in [2.05, 4.69) is 0 Å². The normalized spacial score (nSPS) is 14.2. The molecule has 1 atom stereocenters. The van der Waals surface area contributed by atoms with Crippen LogP contribution in [0.1, 0.15) is 6.92 Å². The number of carboxylic acids is 1. The largest absolute Gasteiger partial charge is 0.480 e. The highest BCUT2D eigenvalue weighted by molar-refractivity contribution is 5.79. The van der Waals surface area contributed by atoms with Gasteiger partial charge in [0, 0.05) is 19.3 Å². The standard InChI is InChI=1S/C11H15FN2O2/c1-11(13,10(15)16)7-14(2)9-5-3-4-8(12)6-9/h3-6H,7,13H2,1-2H3,(H,15,16). The summed E-state index contributed by atoms with van der Waals surface area (Å²) in [4.78, 5) is 12.4. The third-order valence-corrected chi connectivity index (χ3v) is 2.30. The van der Waals surface area contributed by atoms with E-state index in [-0.39, 0.29) is 12.4 Å². The van der Waals surface area contributed by atoms with E-state index >= 15 is 0 Å². The van der Waals surface area contributed by atoms with Crippen LogP contribution in [-0.2, 0) is 4.79 Å². The molecular weight excluding hydrogens is 211 g/mol. The zero-order valence-corrected chi connectivity index (χ0v) is 9.27. The summed E-state index contributed by atoms with van der Waals surface area (Å²) in [5.74, 6) is -1.45. The zero-order valence-electron chi connectivity index (χ0n) is 9.27. The van der Waals surface area contributed by atoms with Crippen molar-refractivity contribution in [1.29, 1.82) is 0 Å². The van der Waals surface area contributed by atoms with Crippen LogP contribution < -0.4 is 10.6 Å². The second-order valence-electron chi connectivity index (χ2n) is 4.06. The number of nitrogens with two attached hydrogens (primary N) is 1. The van der Waals surface area contributed by atoms with Gasteiger partial charge in [0.1, 0.15) is 11.4 Å². The first kappa shape index (κ1) is 12.4. The minimum absolute atomic E-state index is 0.103. The van der Waals surface area contributed by atoms with Crippen LogP contribution in [0.15, 0.2) is 24.3 Å². The molecule has 0 aliphatic rings. The lowest BCUT2D eigenvalue weighted by Gasteiger charge is -2.28. The number of rotatable bonds is 4. The summed E-state index contributed by atoms with van der Waals surface area (Å²) in [7, 11) is 1.67. The molecule has 88 valence electrons. The van der Waals surface area contributed by atoms with Gasteiger partial charge < -0.3 is 15.7 Å². The van der Waals surface area contributed by atoms with Gasteiger partial charge in [-0.05, 0) is 25.1 Å². The molecule has 0 heterocycles. The minimum atomic E-state index is -1.36. The average Bonchev–Trinajstić information content (AvgIpc) is 2.16. The van der Waals surface area contributed by atoms with Gasteiger partial charge in [-0.2, -0.15) is 0 Å². The molecule has 0 aromatic heterocycles. The fourth-order valence-corrected chi connectivity index (χ4v) is 1.37. The van der Waals surface area contributed by atoms with E-state index < -0.39 is 11.5 Å². The minimum Gasteiger partial charge on any atom is -0.480 e. The Bertz CT molecular complexity index is 393. The molecule has 1 unspecified atom stereocenters. The lowest BCUT2D eigenvalue weighted by molar-refractivity contribution is -0.142. The van der Waals surface area contributed by atoms with E-state index in [9.17, 15) is 9.18 Å². The predicted octanol–water partition coefficient (Wildman–Crippen LogP) is 1.06. The number of carboxylic acid groups (broad SMARTS) is 1. The van der Waals surface area contributed by atoms with Crippen molar-refractivity contribution in [2.24, 2.45) is 5.73 Å². The quantitative estimate of drug-likeness (QED) is 0.805. The van der Waals surface area contributed by atoms with Crippen LogP contribution in [-0.4, -0.2) is 30.2 Å². The van der Waals surface area contributed by atoms with Crippen LogP contribution in [0.25, 0.3) is 0 Å². The number of hydrogen-bond donors (Lipinski definition) is 2. The zero-order chi connectivity index (χ0) is 12.3. The highest BCUT2D eigenvalue weighted by Crippen LogP contribution is 2.15. The molecule has 0 saturated carbocycles. The highest BCUT2D eigenvalue weighted by Gasteiger charge is 2.29. The second-order valence-corrected chi connectivity index (χ2v) is 4.06. The monoisotopic (exact) mass is 226 g/mol. The van der Waals surface area contributed by atoms with Gasteiger partial charge >= 0.3 is 5.97 Å². The van der Waals surface area contributed by atoms with Gasteiger partial charge in [-0.15, -0.1) is 0 Å². The summed E-state index contributed by atoms with van der Waals surface area (Å²) >= 11 is 0. The predicted molar refractivity (Wildman–Crippen MR) is 59.9 cm³/mol. The van der Waals surface area contributed by atoms with Crippen LogP contribution in [0.5, 0.6) is 0 Å². The van der Waals surface area contributed by atoms with E-state index in [0.29, 0.717) is 5.69 Å². The number of likely N-dealkylation sites (N-methyl/N-ethyl adjacent to an activating group) is 1. The van der Waals surface area contributed by atoms with Crippen LogP contribution >= 0.6 is 0 Å². The molecule has 0 spiro atoms. The summed E-state index contributed by atoms with van der Waals surface area (Å²) in [6, 6.07) is 5.92. The molecule has 3 N–H and O–H groups in total. The summed E-state index contributed by atoms with van der Waals surface area (Å²) in [6.45, 7) is 1.52. The van der Waals surface area contributed by atoms with Gasteiger partial charge in [0.15, 0.2) is 0 Å². The number of hydrogen-bond acceptors (Lipinski definition) is 3. The molecule has 0 fully saturated rings. The number of carbonyl (C=O) groups is 1. The fraction of sp³-hybridized carbons (Fsp3) is 0.364. The van der Waals surface area contributed by atoms with Crippen LogP contribution in [0, 0.1) is 5.82 Å². The fourth-order valence-electron chi connectivity index (χ4n) is 1.37. The number of benzene rings is 1. The Labute approximate surface area is 93.5 Å². The van der Waals surface area contributed by atoms with Gasteiger partial charge in [-0.1, -0.05) is 6.07 Å². The maximum atomic E-state index is 12.9. The van der Waals surface area contributed by atoms with Gasteiger partial charge in [-0.25, -0.2) is 4.39 Å². The Morgan fingerprint density at radius 1 is 1.62 bits per heavy atom. The lowest BCUT2D eigenvalue weighted by atomic mass is 10.0. The van der Waals surface area contributed by atoms with E-state index in [1.807, 2.05) is 0 Å². The molecule has 5 heteroatoms. The van der Waals surface area contributed by atoms with Crippen molar-refractivity contribution in [3.63, 3.8) is 0 Å². The second kappa shape index (κ2) is 4.49. The molecule has 1 aromatic rings. The molecule has 0 saturated heterocycles. The molecule has 0 bridgehead atoms. The number of halogens is 1. The van der Waals surface area contributed by atoms with E-state index in [1.54, 1.807) is 24.1 Å². The first-order valence-corrected chi connectivity index (χ1v) is 4.82. The van der Waals surface area contributed by atoms with Crippen molar-refractivity contribution in [2.75, 3.05) is 18.5 Å². The van der Waals surface area contributed by atoms with E-state index in [0.717, 1.165) is 0 Å². The van der Waals surface area contributed by atoms with E-state index in [4.69, 9.17) is 10.8 Å². The average molecular weight is 226 g/mol. The molecule has 4 nitrogen and oxygen atoms in total. The lowest BCUT2D eigenvalue weighted by Crippen LogP contribution is -2.53. The van der Waals surface area contributed by atoms with Crippen LogP contribution in [0.2, 0.25) is 0 Å².